The fourth-order valence-electron chi connectivity index (χ4n) is 5.75. The molecule has 0 spiro atoms. The number of nitrogens with two attached hydrogens (primary N) is 1. The van der Waals surface area contributed by atoms with Crippen molar-refractivity contribution in [1.82, 2.24) is 4.98 Å². The third-order valence-corrected chi connectivity index (χ3v) is 7.96. The number of pyridine rings is 1. The Bertz CT molecular complexity index is 1590. The first-order valence-corrected chi connectivity index (χ1v) is 13.4. The summed E-state index contributed by atoms with van der Waals surface area (Å²) in [5.74, 6) is -2.00. The average Bonchev–Trinajstić information content (AvgIpc) is 2.98. The molecule has 0 bridgehead atoms. The fraction of sp³-hybridized carbons (Fsp3) is 0.367. The largest absolute Gasteiger partial charge is 0.507 e. The van der Waals surface area contributed by atoms with Gasteiger partial charge in [-0.25, -0.2) is 4.98 Å². The summed E-state index contributed by atoms with van der Waals surface area (Å²) in [5, 5.41) is 64.3. The lowest BCUT2D eigenvalue weighted by molar-refractivity contribution is -0.314. The molecule has 0 amide bonds. The van der Waals surface area contributed by atoms with Crippen molar-refractivity contribution >= 4 is 17.4 Å². The highest BCUT2D eigenvalue weighted by molar-refractivity contribution is 6.31. The summed E-state index contributed by atoms with van der Waals surface area (Å²) in [6.45, 7) is 0.183. The number of aromatic nitrogens is 1. The van der Waals surface area contributed by atoms with Crippen LogP contribution < -0.4 is 15.2 Å². The average molecular weight is 597 g/mol. The van der Waals surface area contributed by atoms with Crippen LogP contribution in [-0.4, -0.2) is 91.1 Å². The summed E-state index contributed by atoms with van der Waals surface area (Å²) in [5.41, 5.74) is 3.89. The number of anilines is 1. The number of aryl methyl sites for hydroxylation is 2. The zero-order chi connectivity index (χ0) is 31.2. The number of phenolic OH excluding ortho intramolecular Hbond substituents is 1. The van der Waals surface area contributed by atoms with E-state index in [-0.39, 0.29) is 58.0 Å². The van der Waals surface area contributed by atoms with Crippen LogP contribution in [0.2, 0.25) is 0 Å². The number of hydrogen-bond donors (Lipinski definition) is 7. The Morgan fingerprint density at radius 2 is 1.79 bits per heavy atom. The van der Waals surface area contributed by atoms with E-state index in [9.17, 15) is 40.2 Å². The maximum atomic E-state index is 13.8. The quantitative estimate of drug-likeness (QED) is 0.144. The van der Waals surface area contributed by atoms with Gasteiger partial charge in [-0.15, -0.1) is 0 Å². The van der Waals surface area contributed by atoms with E-state index in [1.807, 2.05) is 0 Å². The van der Waals surface area contributed by atoms with Gasteiger partial charge >= 0.3 is 0 Å². The van der Waals surface area contributed by atoms with Gasteiger partial charge in [0.1, 0.15) is 47.0 Å². The summed E-state index contributed by atoms with van der Waals surface area (Å²) in [4.78, 5) is 31.4. The zero-order valence-corrected chi connectivity index (χ0v) is 23.4. The molecule has 1 aliphatic carbocycles. The zero-order valence-electron chi connectivity index (χ0n) is 23.4. The number of carbonyl (C=O) groups excluding carboxylic acids is 2. The number of nitrogen functional groups attached to an aromatic ring is 1. The van der Waals surface area contributed by atoms with Crippen LogP contribution in [0.25, 0.3) is 0 Å². The molecule has 228 valence electrons. The Morgan fingerprint density at radius 3 is 2.44 bits per heavy atom. The molecule has 2 heterocycles. The Labute approximate surface area is 245 Å². The molecule has 13 heteroatoms. The van der Waals surface area contributed by atoms with Crippen molar-refractivity contribution in [1.29, 1.82) is 0 Å². The molecule has 43 heavy (non-hydrogen) atoms. The predicted octanol–water partition coefficient (Wildman–Crippen LogP) is 0.136. The number of benzene rings is 2. The molecule has 5 rings (SSSR count). The number of hydrogen-bond acceptors (Lipinski definition) is 13. The number of carbonyl (C=O) groups is 2. The molecule has 0 saturated carbocycles. The van der Waals surface area contributed by atoms with Gasteiger partial charge in [0.25, 0.3) is 0 Å². The van der Waals surface area contributed by atoms with E-state index in [1.54, 1.807) is 19.1 Å². The van der Waals surface area contributed by atoms with Gasteiger partial charge in [-0.2, -0.15) is 0 Å². The molecule has 13 nitrogen and oxygen atoms in total. The molecule has 3 aromatic rings. The molecule has 1 fully saturated rings. The van der Waals surface area contributed by atoms with Gasteiger partial charge in [0, 0.05) is 29.0 Å². The molecule has 8 N–H and O–H groups in total. The number of phenols is 1. The highest BCUT2D eigenvalue weighted by Gasteiger charge is 2.55. The summed E-state index contributed by atoms with van der Waals surface area (Å²) in [6.07, 6.45) is -5.46. The molecule has 1 aliphatic heterocycles. The minimum atomic E-state index is -2.13. The summed E-state index contributed by atoms with van der Waals surface area (Å²) in [6, 6.07) is 7.21. The van der Waals surface area contributed by atoms with E-state index in [0.29, 0.717) is 11.1 Å². The van der Waals surface area contributed by atoms with E-state index >= 15 is 0 Å². The molecule has 2 aromatic carbocycles. The van der Waals surface area contributed by atoms with Crippen molar-refractivity contribution < 1.29 is 54.4 Å². The SMILES string of the molecule is COc1cc(O[C@@H]2O[C@H](CO)[C@](O)(CCc3ccnc(N)c3)[C@H](O)[C@H]2O)c2c(c1CO)C(=O)c1cc(C)cc(O)c1C2=O. The van der Waals surface area contributed by atoms with Crippen molar-refractivity contribution in [2.24, 2.45) is 0 Å². The summed E-state index contributed by atoms with van der Waals surface area (Å²) >= 11 is 0. The number of ketones is 2. The maximum Gasteiger partial charge on any atom is 0.229 e. The number of nitrogens with zero attached hydrogens (tertiary/aromatic N) is 1. The number of ether oxygens (including phenoxy) is 3. The fourth-order valence-corrected chi connectivity index (χ4v) is 5.75. The monoisotopic (exact) mass is 596 g/mol. The number of aliphatic hydroxyl groups is 5. The lowest BCUT2D eigenvalue weighted by atomic mass is 9.79. The van der Waals surface area contributed by atoms with E-state index in [1.165, 1.54) is 31.5 Å². The van der Waals surface area contributed by atoms with Gasteiger partial charge in [0.05, 0.1) is 31.5 Å². The second-order valence-corrected chi connectivity index (χ2v) is 10.6. The molecule has 0 radical (unpaired) electrons. The topological polar surface area (TPSA) is 222 Å². The Kier molecular flexibility index (Phi) is 8.13. The highest BCUT2D eigenvalue weighted by atomic mass is 16.7. The third-order valence-electron chi connectivity index (χ3n) is 7.96. The van der Waals surface area contributed by atoms with Crippen LogP contribution >= 0.6 is 0 Å². The van der Waals surface area contributed by atoms with Gasteiger partial charge < -0.3 is 50.6 Å². The second kappa shape index (κ2) is 11.5. The molecule has 0 unspecified atom stereocenters. The van der Waals surface area contributed by atoms with Crippen molar-refractivity contribution in [2.45, 2.75) is 56.6 Å². The lowest BCUT2D eigenvalue weighted by Gasteiger charge is -2.48. The molecule has 2 aliphatic rings. The van der Waals surface area contributed by atoms with Crippen LogP contribution in [0.5, 0.6) is 17.2 Å². The first-order chi connectivity index (χ1) is 20.4. The smallest absolute Gasteiger partial charge is 0.229 e. The number of rotatable bonds is 8. The lowest BCUT2D eigenvalue weighted by Crippen LogP contribution is -2.68. The minimum absolute atomic E-state index is 0.000602. The van der Waals surface area contributed by atoms with Crippen LogP contribution in [0.3, 0.4) is 0 Å². The highest BCUT2D eigenvalue weighted by Crippen LogP contribution is 2.44. The van der Waals surface area contributed by atoms with Crippen LogP contribution in [0, 0.1) is 6.92 Å². The second-order valence-electron chi connectivity index (χ2n) is 10.6. The van der Waals surface area contributed by atoms with Crippen LogP contribution in [0.1, 0.15) is 55.0 Å². The van der Waals surface area contributed by atoms with E-state index in [4.69, 9.17) is 19.9 Å². The summed E-state index contributed by atoms with van der Waals surface area (Å²) in [7, 11) is 1.28. The van der Waals surface area contributed by atoms with Crippen LogP contribution in [0.4, 0.5) is 5.82 Å². The predicted molar refractivity (Wildman–Crippen MR) is 149 cm³/mol. The van der Waals surface area contributed by atoms with E-state index in [2.05, 4.69) is 4.98 Å². The number of aromatic hydroxyl groups is 1. The van der Waals surface area contributed by atoms with E-state index in [0.717, 1.165) is 0 Å². The van der Waals surface area contributed by atoms with Crippen molar-refractivity contribution in [3.05, 3.63) is 75.5 Å². The number of aliphatic hydroxyl groups excluding tert-OH is 4. The van der Waals surface area contributed by atoms with Gasteiger partial charge in [-0.1, -0.05) is 0 Å². The molecular formula is C30H32N2O11. The maximum absolute atomic E-state index is 13.8. The number of fused-ring (bicyclic) bond motifs is 2. The first-order valence-electron chi connectivity index (χ1n) is 13.4. The van der Waals surface area contributed by atoms with Crippen LogP contribution in [-0.2, 0) is 17.8 Å². The Morgan fingerprint density at radius 1 is 1.05 bits per heavy atom. The Hall–Kier alpha value is -4.11. The normalized spacial score (nSPS) is 24.8. The molecule has 5 atom stereocenters. The molecule has 1 saturated heterocycles. The van der Waals surface area contributed by atoms with Crippen molar-refractivity contribution in [3.8, 4) is 17.2 Å². The van der Waals surface area contributed by atoms with Crippen molar-refractivity contribution in [3.63, 3.8) is 0 Å². The minimum Gasteiger partial charge on any atom is -0.507 e. The van der Waals surface area contributed by atoms with Gasteiger partial charge in [0.15, 0.2) is 5.78 Å². The summed E-state index contributed by atoms with van der Waals surface area (Å²) < 4.78 is 17.0. The molecule has 1 aromatic heterocycles. The van der Waals surface area contributed by atoms with Crippen LogP contribution in [0.15, 0.2) is 36.5 Å². The van der Waals surface area contributed by atoms with Crippen molar-refractivity contribution in [2.75, 3.05) is 19.5 Å². The molecular weight excluding hydrogens is 564 g/mol. The van der Waals surface area contributed by atoms with E-state index < -0.39 is 60.7 Å². The first kappa shape index (κ1) is 30.4. The van der Waals surface area contributed by atoms with Gasteiger partial charge in [-0.3, -0.25) is 9.59 Å². The Balaban J connectivity index is 1.52. The van der Waals surface area contributed by atoms with Gasteiger partial charge in [0.2, 0.25) is 12.1 Å². The third kappa shape index (κ3) is 5.09. The number of methoxy groups -OCH3 is 1. The standard InChI is InChI=1S/C30H32N2O11/c1-13-7-15-22(17(35)8-13)26(37)24-19(10-18(41-2)16(11-33)23(24)25(15)36)42-29-27(38)28(39)30(40,20(12-34)43-29)5-3-14-4-6-32-21(31)9-14/h4,6-10,20,27-29,33-35,38-40H,3,5,11-12H2,1-2H3,(H2,31,32)/t20-,27-,28-,29-,30-/m1/s1. The van der Waals surface area contributed by atoms with Gasteiger partial charge in [-0.05, 0) is 55.2 Å².